The van der Waals surface area contributed by atoms with E-state index in [0.717, 1.165) is 24.3 Å². The molecule has 0 fully saturated rings. The van der Waals surface area contributed by atoms with Crippen LogP contribution >= 0.6 is 11.3 Å². The van der Waals surface area contributed by atoms with E-state index in [1.54, 1.807) is 0 Å². The number of nitrogens with zero attached hydrogens (tertiary/aromatic N) is 1. The van der Waals surface area contributed by atoms with E-state index >= 15 is 0 Å². The third-order valence-electron chi connectivity index (χ3n) is 2.56. The molecule has 0 bridgehead atoms. The highest BCUT2D eigenvalue weighted by Gasteiger charge is 2.25. The third kappa shape index (κ3) is 6.65. The molecular formula is C12H19F3N4OS. The average molecular weight is 324 g/mol. The van der Waals surface area contributed by atoms with Gasteiger partial charge in [0.1, 0.15) is 10.7 Å². The van der Waals surface area contributed by atoms with Crippen LogP contribution < -0.4 is 16.4 Å². The Balaban J connectivity index is 2.36. The molecule has 1 heterocycles. The van der Waals surface area contributed by atoms with E-state index in [9.17, 15) is 18.0 Å². The Bertz CT molecular complexity index is 462. The molecule has 0 aliphatic carbocycles. The summed E-state index contributed by atoms with van der Waals surface area (Å²) in [7, 11) is 0. The second kappa shape index (κ2) is 8.06. The molecule has 9 heteroatoms. The predicted octanol–water partition coefficient (Wildman–Crippen LogP) is 3.01. The van der Waals surface area contributed by atoms with E-state index < -0.39 is 18.5 Å². The number of nitrogen functional groups attached to an aromatic ring is 1. The van der Waals surface area contributed by atoms with Crippen molar-refractivity contribution in [2.24, 2.45) is 0 Å². The van der Waals surface area contributed by atoms with E-state index in [1.165, 1.54) is 0 Å². The van der Waals surface area contributed by atoms with Gasteiger partial charge in [-0.3, -0.25) is 4.79 Å². The van der Waals surface area contributed by atoms with E-state index in [2.05, 4.69) is 15.6 Å². The maximum absolute atomic E-state index is 11.9. The van der Waals surface area contributed by atoms with Crippen molar-refractivity contribution >= 4 is 28.2 Å². The number of alkyl halides is 3. The lowest BCUT2D eigenvalue weighted by atomic mass is 10.2. The summed E-state index contributed by atoms with van der Waals surface area (Å²) in [5.74, 6) is -0.270. The number of carbonyl (C=O) groups is 1. The summed E-state index contributed by atoms with van der Waals surface area (Å²) in [4.78, 5) is 16.1. The molecule has 0 aliphatic rings. The summed E-state index contributed by atoms with van der Waals surface area (Å²) < 4.78 is 35.8. The van der Waals surface area contributed by atoms with Crippen LogP contribution in [0.1, 0.15) is 42.3 Å². The Hall–Kier alpha value is -1.51. The van der Waals surface area contributed by atoms with Crippen LogP contribution in [-0.4, -0.2) is 30.2 Å². The topological polar surface area (TPSA) is 80.0 Å². The molecular weight excluding hydrogens is 305 g/mol. The lowest BCUT2D eigenvalue weighted by Crippen LogP contribution is -2.24. The lowest BCUT2D eigenvalue weighted by Gasteiger charge is -2.06. The van der Waals surface area contributed by atoms with Gasteiger partial charge in [0.2, 0.25) is 0 Å². The van der Waals surface area contributed by atoms with Crippen molar-refractivity contribution in [2.75, 3.05) is 24.1 Å². The number of unbranched alkanes of at least 4 members (excludes halogenated alkanes) is 1. The van der Waals surface area contributed by atoms with Crippen LogP contribution in [-0.2, 0) is 0 Å². The molecule has 0 aromatic carbocycles. The van der Waals surface area contributed by atoms with Gasteiger partial charge in [-0.2, -0.15) is 13.2 Å². The van der Waals surface area contributed by atoms with Crippen LogP contribution in [0.4, 0.5) is 24.1 Å². The molecule has 1 rings (SSSR count). The summed E-state index contributed by atoms with van der Waals surface area (Å²) in [5.41, 5.74) is 5.65. The highest BCUT2D eigenvalue weighted by atomic mass is 32.1. The van der Waals surface area contributed by atoms with Crippen molar-refractivity contribution in [3.05, 3.63) is 4.88 Å². The number of halogens is 3. The van der Waals surface area contributed by atoms with Crippen molar-refractivity contribution in [1.82, 2.24) is 10.3 Å². The summed E-state index contributed by atoms with van der Waals surface area (Å²) in [5, 5.41) is 6.14. The van der Waals surface area contributed by atoms with Gasteiger partial charge >= 0.3 is 6.18 Å². The first-order chi connectivity index (χ1) is 9.83. The molecule has 0 unspecified atom stereocenters. The number of carbonyl (C=O) groups excluding carboxylic acids is 1. The van der Waals surface area contributed by atoms with Gasteiger partial charge in [-0.15, -0.1) is 0 Å². The van der Waals surface area contributed by atoms with E-state index in [4.69, 9.17) is 5.73 Å². The summed E-state index contributed by atoms with van der Waals surface area (Å²) in [6.45, 7) is 2.91. The minimum Gasteiger partial charge on any atom is -0.382 e. The maximum atomic E-state index is 11.9. The molecule has 21 heavy (non-hydrogen) atoms. The highest BCUT2D eigenvalue weighted by Crippen LogP contribution is 2.25. The zero-order valence-electron chi connectivity index (χ0n) is 11.7. The second-order valence-corrected chi connectivity index (χ2v) is 5.49. The van der Waals surface area contributed by atoms with Crippen LogP contribution in [0, 0.1) is 0 Å². The van der Waals surface area contributed by atoms with E-state index in [1.807, 2.05) is 6.92 Å². The third-order valence-corrected chi connectivity index (χ3v) is 3.59. The molecule has 0 atom stereocenters. The largest absolute Gasteiger partial charge is 0.389 e. The molecule has 0 aliphatic heterocycles. The molecule has 120 valence electrons. The molecule has 1 aromatic rings. The lowest BCUT2D eigenvalue weighted by molar-refractivity contribution is -0.135. The van der Waals surface area contributed by atoms with Crippen LogP contribution in [0.25, 0.3) is 0 Å². The van der Waals surface area contributed by atoms with Gasteiger partial charge in [0.25, 0.3) is 5.91 Å². The van der Waals surface area contributed by atoms with E-state index in [-0.39, 0.29) is 30.1 Å². The fourth-order valence-electron chi connectivity index (χ4n) is 1.53. The zero-order chi connectivity index (χ0) is 15.9. The Labute approximate surface area is 125 Å². The van der Waals surface area contributed by atoms with Crippen molar-refractivity contribution in [2.45, 2.75) is 38.8 Å². The summed E-state index contributed by atoms with van der Waals surface area (Å²) in [6.07, 6.45) is -3.81. The van der Waals surface area contributed by atoms with Gasteiger partial charge in [-0.25, -0.2) is 4.98 Å². The van der Waals surface area contributed by atoms with Gasteiger partial charge in [0, 0.05) is 19.5 Å². The Morgan fingerprint density at radius 1 is 1.33 bits per heavy atom. The number of rotatable bonds is 8. The van der Waals surface area contributed by atoms with Crippen LogP contribution in [0.5, 0.6) is 0 Å². The number of hydrogen-bond donors (Lipinski definition) is 3. The first-order valence-corrected chi connectivity index (χ1v) is 7.50. The molecule has 4 N–H and O–H groups in total. The number of nitrogens with one attached hydrogen (secondary N) is 2. The fraction of sp³-hybridized carbons (Fsp3) is 0.667. The SMILES string of the molecule is CCCNc1nc(N)c(C(=O)NCCCCC(F)(F)F)s1. The normalized spacial score (nSPS) is 11.4. The molecule has 1 aromatic heterocycles. The maximum Gasteiger partial charge on any atom is 0.389 e. The van der Waals surface area contributed by atoms with Crippen LogP contribution in [0.2, 0.25) is 0 Å². The number of thiazole rings is 1. The zero-order valence-corrected chi connectivity index (χ0v) is 12.5. The Morgan fingerprint density at radius 3 is 2.67 bits per heavy atom. The van der Waals surface area contributed by atoms with Gasteiger partial charge in [0.15, 0.2) is 5.13 Å². The number of hydrogen-bond acceptors (Lipinski definition) is 5. The van der Waals surface area contributed by atoms with Gasteiger partial charge in [-0.1, -0.05) is 18.3 Å². The van der Waals surface area contributed by atoms with Gasteiger partial charge in [0.05, 0.1) is 0 Å². The number of anilines is 2. The van der Waals surface area contributed by atoms with Crippen LogP contribution in [0.3, 0.4) is 0 Å². The smallest absolute Gasteiger partial charge is 0.382 e. The molecule has 0 spiro atoms. The first kappa shape index (κ1) is 17.5. The average Bonchev–Trinajstić information content (AvgIpc) is 2.75. The molecule has 1 amide bonds. The van der Waals surface area contributed by atoms with Crippen molar-refractivity contribution < 1.29 is 18.0 Å². The highest BCUT2D eigenvalue weighted by molar-refractivity contribution is 7.18. The van der Waals surface area contributed by atoms with Gasteiger partial charge < -0.3 is 16.4 Å². The number of amides is 1. The predicted molar refractivity (Wildman–Crippen MR) is 77.5 cm³/mol. The number of nitrogens with two attached hydrogens (primary N) is 1. The number of aromatic nitrogens is 1. The standard InChI is InChI=1S/C12H19F3N4OS/c1-2-6-18-11-19-9(16)8(21-11)10(20)17-7-4-3-5-12(13,14)15/h2-7,16H2,1H3,(H,17,20)(H,18,19). The van der Waals surface area contributed by atoms with Gasteiger partial charge in [-0.05, 0) is 19.3 Å². The quantitative estimate of drug-likeness (QED) is 0.642. The van der Waals surface area contributed by atoms with Crippen molar-refractivity contribution in [3.8, 4) is 0 Å². The second-order valence-electron chi connectivity index (χ2n) is 4.49. The molecule has 0 saturated carbocycles. The Morgan fingerprint density at radius 2 is 2.05 bits per heavy atom. The monoisotopic (exact) mass is 324 g/mol. The Kier molecular flexibility index (Phi) is 6.73. The van der Waals surface area contributed by atoms with E-state index in [0.29, 0.717) is 5.13 Å². The molecule has 5 nitrogen and oxygen atoms in total. The van der Waals surface area contributed by atoms with Crippen molar-refractivity contribution in [3.63, 3.8) is 0 Å². The minimum atomic E-state index is -4.15. The minimum absolute atomic E-state index is 0.00867. The summed E-state index contributed by atoms with van der Waals surface area (Å²) in [6, 6.07) is 0. The fourth-order valence-corrected chi connectivity index (χ4v) is 2.36. The molecule has 0 saturated heterocycles. The molecule has 0 radical (unpaired) electrons. The van der Waals surface area contributed by atoms with Crippen molar-refractivity contribution in [1.29, 1.82) is 0 Å². The van der Waals surface area contributed by atoms with Crippen LogP contribution in [0.15, 0.2) is 0 Å². The first-order valence-electron chi connectivity index (χ1n) is 6.68. The summed E-state index contributed by atoms with van der Waals surface area (Å²) >= 11 is 1.14.